The van der Waals surface area contributed by atoms with Crippen molar-refractivity contribution < 1.29 is 26.7 Å². The number of nitrogens with one attached hydrogen (secondary N) is 1. The van der Waals surface area contributed by atoms with E-state index < -0.39 is 38.0 Å². The first-order valence-electron chi connectivity index (χ1n) is 16.6. The third kappa shape index (κ3) is 9.65. The Morgan fingerprint density at radius 3 is 2.13 bits per heavy atom. The molecule has 2 aliphatic heterocycles. The van der Waals surface area contributed by atoms with E-state index in [0.29, 0.717) is 68.6 Å². The van der Waals surface area contributed by atoms with E-state index in [2.05, 4.69) is 25.6 Å². The van der Waals surface area contributed by atoms with E-state index in [1.807, 2.05) is 0 Å². The van der Waals surface area contributed by atoms with Crippen LogP contribution in [0.2, 0.25) is 9.36 Å². The summed E-state index contributed by atoms with van der Waals surface area (Å²) in [4.78, 5) is 13.7. The van der Waals surface area contributed by atoms with Crippen LogP contribution in [0.4, 0.5) is 5.69 Å². The average Bonchev–Trinajstić information content (AvgIpc) is 3.39. The number of hydrogen-bond donors (Lipinski definition) is 2. The summed E-state index contributed by atoms with van der Waals surface area (Å²) in [6.07, 6.45) is 12.0. The molecule has 0 radical (unpaired) electrons. The molecule has 3 aliphatic rings. The third-order valence-corrected chi connectivity index (χ3v) is 16.7. The van der Waals surface area contributed by atoms with E-state index in [1.54, 1.807) is 22.5 Å². The summed E-state index contributed by atoms with van der Waals surface area (Å²) in [5.74, 6) is -0.156. The molecule has 2 unspecified atom stereocenters. The summed E-state index contributed by atoms with van der Waals surface area (Å²) in [6, 6.07) is 6.09. The quantitative estimate of drug-likeness (QED) is 0.197. The van der Waals surface area contributed by atoms with Gasteiger partial charge in [-0.1, -0.05) is 61.7 Å². The standard InChI is InChI=1S/C32H44BrCl2N3O6S3/c33-27-21-30(45-31(27)35)47(43,44)38-17-13-23(14-18-38)6-3-1-2-5-22-11-15-37(16-12-22)29-10-9-26(20-28(29)34)46(41,42)36-25-8-4-7-24(19-25)32(39)40/h9-10,20-25,36H,1-8,11-19H2,(H,39,40). The van der Waals surface area contributed by atoms with Crippen LogP contribution >= 0.6 is 50.5 Å². The SMILES string of the molecule is O=C(O)C1CCCC(NS(=O)(=O)c2ccc(N3CCC(CCCCCC4CCN(S(=O)(=O)c5cc(Br)c(Cl)s5)CC4)CC3)c(Cl)c2)C1. The summed E-state index contributed by atoms with van der Waals surface area (Å²) < 4.78 is 57.7. The molecular formula is C32H44BrCl2N3O6S3. The summed E-state index contributed by atoms with van der Waals surface area (Å²) >= 11 is 17.1. The molecule has 5 rings (SSSR count). The number of unbranched alkanes of at least 4 members (excludes halogenated alkanes) is 2. The number of sulfonamides is 2. The van der Waals surface area contributed by atoms with Crippen LogP contribution in [-0.4, -0.2) is 64.4 Å². The number of piperidine rings is 2. The molecule has 3 heterocycles. The van der Waals surface area contributed by atoms with Crippen molar-refractivity contribution in [1.29, 1.82) is 0 Å². The minimum atomic E-state index is -3.81. The second-order valence-electron chi connectivity index (χ2n) is 13.2. The second-order valence-corrected chi connectivity index (χ2v) is 20.0. The van der Waals surface area contributed by atoms with Gasteiger partial charge in [0.25, 0.3) is 10.0 Å². The van der Waals surface area contributed by atoms with E-state index >= 15 is 0 Å². The largest absolute Gasteiger partial charge is 0.481 e. The molecule has 2 atom stereocenters. The topological polar surface area (TPSA) is 124 Å². The fraction of sp³-hybridized carbons (Fsp3) is 0.656. The number of nitrogens with zero attached hydrogens (tertiary/aromatic N) is 2. The number of carboxylic acids is 1. The Labute approximate surface area is 301 Å². The molecule has 3 fully saturated rings. The first-order valence-corrected chi connectivity index (χ1v) is 21.9. The van der Waals surface area contributed by atoms with Gasteiger partial charge in [0.05, 0.1) is 21.5 Å². The molecule has 1 aliphatic carbocycles. The lowest BCUT2D eigenvalue weighted by atomic mass is 9.86. The van der Waals surface area contributed by atoms with E-state index in [-0.39, 0.29) is 4.90 Å². The maximum Gasteiger partial charge on any atom is 0.306 e. The van der Waals surface area contributed by atoms with Gasteiger partial charge < -0.3 is 10.0 Å². The van der Waals surface area contributed by atoms with E-state index in [9.17, 15) is 26.7 Å². The van der Waals surface area contributed by atoms with Crippen LogP contribution in [0.5, 0.6) is 0 Å². The summed E-state index contributed by atoms with van der Waals surface area (Å²) in [7, 11) is -7.29. The minimum Gasteiger partial charge on any atom is -0.481 e. The fourth-order valence-corrected chi connectivity index (χ4v) is 12.8. The minimum absolute atomic E-state index is 0.103. The zero-order valence-corrected chi connectivity index (χ0v) is 31.9. The number of rotatable bonds is 13. The smallest absolute Gasteiger partial charge is 0.306 e. The number of halogens is 3. The van der Waals surface area contributed by atoms with Crippen molar-refractivity contribution in [2.75, 3.05) is 31.1 Å². The number of aliphatic carboxylic acids is 1. The highest BCUT2D eigenvalue weighted by atomic mass is 79.9. The number of carboxylic acid groups (broad SMARTS) is 1. The van der Waals surface area contributed by atoms with Crippen LogP contribution in [-0.2, 0) is 24.8 Å². The Bertz CT molecular complexity index is 1590. The van der Waals surface area contributed by atoms with Crippen molar-refractivity contribution in [3.8, 4) is 0 Å². The van der Waals surface area contributed by atoms with Gasteiger partial charge in [-0.25, -0.2) is 21.6 Å². The lowest BCUT2D eigenvalue weighted by molar-refractivity contribution is -0.143. The van der Waals surface area contributed by atoms with Gasteiger partial charge in [0.1, 0.15) is 8.55 Å². The molecule has 2 N–H and O–H groups in total. The molecule has 0 spiro atoms. The van der Waals surface area contributed by atoms with Gasteiger partial charge in [0.15, 0.2) is 0 Å². The number of benzene rings is 1. The zero-order valence-electron chi connectivity index (χ0n) is 26.4. The first kappa shape index (κ1) is 37.3. The van der Waals surface area contributed by atoms with Gasteiger partial charge in [-0.3, -0.25) is 4.79 Å². The van der Waals surface area contributed by atoms with Crippen molar-refractivity contribution in [2.45, 2.75) is 98.6 Å². The van der Waals surface area contributed by atoms with Gasteiger partial charge in [-0.05, 0) is 97.0 Å². The lowest BCUT2D eigenvalue weighted by Gasteiger charge is -2.34. The van der Waals surface area contributed by atoms with Crippen molar-refractivity contribution in [3.05, 3.63) is 38.1 Å². The fourth-order valence-electron chi connectivity index (χ4n) is 7.24. The molecule has 2 saturated heterocycles. The Kier molecular flexibility index (Phi) is 13.0. The molecule has 2 aromatic rings. The van der Waals surface area contributed by atoms with Crippen LogP contribution in [0.15, 0.2) is 37.8 Å². The lowest BCUT2D eigenvalue weighted by Crippen LogP contribution is -2.40. The van der Waals surface area contributed by atoms with Crippen LogP contribution in [0, 0.1) is 17.8 Å². The molecule has 0 amide bonds. The molecule has 15 heteroatoms. The van der Waals surface area contributed by atoms with Crippen LogP contribution in [0.1, 0.15) is 83.5 Å². The second kappa shape index (κ2) is 16.4. The average molecular weight is 814 g/mol. The van der Waals surface area contributed by atoms with E-state index in [4.69, 9.17) is 23.2 Å². The molecule has 1 saturated carbocycles. The van der Waals surface area contributed by atoms with Gasteiger partial charge in [0.2, 0.25) is 10.0 Å². The van der Waals surface area contributed by atoms with Crippen molar-refractivity contribution in [3.63, 3.8) is 0 Å². The van der Waals surface area contributed by atoms with Gasteiger partial charge in [0, 0.05) is 36.7 Å². The normalized spacial score (nSPS) is 22.5. The van der Waals surface area contributed by atoms with E-state index in [0.717, 1.165) is 62.2 Å². The predicted molar refractivity (Wildman–Crippen MR) is 192 cm³/mol. The third-order valence-electron chi connectivity index (χ3n) is 10.0. The van der Waals surface area contributed by atoms with Crippen molar-refractivity contribution >= 4 is 82.2 Å². The highest BCUT2D eigenvalue weighted by molar-refractivity contribution is 9.10. The molecule has 1 aromatic carbocycles. The van der Waals surface area contributed by atoms with E-state index in [1.165, 1.54) is 31.7 Å². The maximum atomic E-state index is 13.0. The molecule has 47 heavy (non-hydrogen) atoms. The molecule has 262 valence electrons. The van der Waals surface area contributed by atoms with Crippen LogP contribution in [0.25, 0.3) is 0 Å². The number of hydrogen-bond acceptors (Lipinski definition) is 7. The Hall–Kier alpha value is -0.930. The Morgan fingerprint density at radius 2 is 1.55 bits per heavy atom. The highest BCUT2D eigenvalue weighted by Gasteiger charge is 2.32. The van der Waals surface area contributed by atoms with Crippen LogP contribution < -0.4 is 9.62 Å². The first-order chi connectivity index (χ1) is 22.3. The van der Waals surface area contributed by atoms with Gasteiger partial charge in [-0.2, -0.15) is 4.31 Å². The summed E-state index contributed by atoms with van der Waals surface area (Å²) in [5, 5.41) is 9.74. The van der Waals surface area contributed by atoms with Crippen molar-refractivity contribution in [2.24, 2.45) is 17.8 Å². The molecule has 9 nitrogen and oxygen atoms in total. The summed E-state index contributed by atoms with van der Waals surface area (Å²) in [6.45, 7) is 2.88. The number of anilines is 1. The Morgan fingerprint density at radius 1 is 0.915 bits per heavy atom. The molecule has 1 aromatic heterocycles. The van der Waals surface area contributed by atoms with Gasteiger partial charge in [-0.15, -0.1) is 11.3 Å². The van der Waals surface area contributed by atoms with Crippen molar-refractivity contribution in [1.82, 2.24) is 9.03 Å². The Balaban J connectivity index is 0.989. The zero-order chi connectivity index (χ0) is 33.8. The number of carbonyl (C=O) groups is 1. The number of thiophene rings is 1. The molecular weight excluding hydrogens is 769 g/mol. The predicted octanol–water partition coefficient (Wildman–Crippen LogP) is 8.01. The maximum absolute atomic E-state index is 13.0. The molecule has 0 bridgehead atoms. The monoisotopic (exact) mass is 811 g/mol. The van der Waals surface area contributed by atoms with Crippen LogP contribution in [0.3, 0.4) is 0 Å². The van der Waals surface area contributed by atoms with Gasteiger partial charge >= 0.3 is 5.97 Å². The summed E-state index contributed by atoms with van der Waals surface area (Å²) in [5.41, 5.74) is 0.846. The highest BCUT2D eigenvalue weighted by Crippen LogP contribution is 2.38.